The quantitative estimate of drug-likeness (QED) is 0.565. The van der Waals surface area contributed by atoms with Crippen molar-refractivity contribution in [3.63, 3.8) is 0 Å². The molecule has 0 atom stereocenters. The van der Waals surface area contributed by atoms with E-state index in [4.69, 9.17) is 0 Å². The van der Waals surface area contributed by atoms with Gasteiger partial charge in [0.05, 0.1) is 5.66 Å². The van der Waals surface area contributed by atoms with Crippen molar-refractivity contribution < 1.29 is 21.6 Å². The van der Waals surface area contributed by atoms with Gasteiger partial charge in [-0.15, -0.1) is 0 Å². The van der Waals surface area contributed by atoms with Gasteiger partial charge >= 0.3 is 17.1 Å². The fourth-order valence-electron chi connectivity index (χ4n) is 2.62. The van der Waals surface area contributed by atoms with Crippen molar-refractivity contribution in [3.8, 4) is 0 Å². The number of rotatable bonds is 3. The average molecular weight is 386 g/mol. The van der Waals surface area contributed by atoms with Gasteiger partial charge in [-0.1, -0.05) is 60.7 Å². The molecule has 0 amide bonds. The van der Waals surface area contributed by atoms with E-state index in [1.54, 1.807) is 0 Å². The number of hydrogen-bond donors (Lipinski definition) is 0. The van der Waals surface area contributed by atoms with Crippen LogP contribution in [0.2, 0.25) is 0 Å². The van der Waals surface area contributed by atoms with Crippen molar-refractivity contribution in [2.45, 2.75) is 0 Å². The predicted molar refractivity (Wildman–Crippen MR) is 102 cm³/mol. The molecule has 0 heterocycles. The van der Waals surface area contributed by atoms with Gasteiger partial charge < -0.3 is 4.57 Å². The van der Waals surface area contributed by atoms with Crippen LogP contribution in [0, 0.1) is 63.4 Å². The van der Waals surface area contributed by atoms with Gasteiger partial charge in [0.1, 0.15) is 0 Å². The van der Waals surface area contributed by atoms with Crippen LogP contribution in [0.4, 0.5) is 0 Å². The first-order valence-electron chi connectivity index (χ1n) is 7.92. The molecule has 3 heteroatoms. The minimum atomic E-state index is -2.73. The van der Waals surface area contributed by atoms with Crippen molar-refractivity contribution in [1.29, 1.82) is 0 Å². The van der Waals surface area contributed by atoms with Crippen LogP contribution in [0.25, 0.3) is 0 Å². The second-order valence-electron chi connectivity index (χ2n) is 5.39. The van der Waals surface area contributed by atoms with Gasteiger partial charge in [0, 0.05) is 10.6 Å². The first-order valence-corrected chi connectivity index (χ1v) is 9.63. The van der Waals surface area contributed by atoms with Crippen LogP contribution in [0.3, 0.4) is 0 Å². The van der Waals surface area contributed by atoms with E-state index in [9.17, 15) is 4.57 Å². The third-order valence-electron chi connectivity index (χ3n) is 3.80. The normalized spacial score (nSPS) is 17.4. The Hall–Kier alpha value is -0.811. The fraction of sp³-hybridized carbons (Fsp3) is 0. The van der Waals surface area contributed by atoms with Crippen molar-refractivity contribution in [2.75, 3.05) is 0 Å². The summed E-state index contributed by atoms with van der Waals surface area (Å²) in [5.74, 6) is 0. The molecule has 25 heavy (non-hydrogen) atoms. The van der Waals surface area contributed by atoms with Gasteiger partial charge in [0.15, 0.2) is 7.14 Å². The van der Waals surface area contributed by atoms with Crippen LogP contribution in [-0.4, -0.2) is 0 Å². The molecule has 2 aromatic carbocycles. The third kappa shape index (κ3) is 5.10. The summed E-state index contributed by atoms with van der Waals surface area (Å²) in [4.78, 5) is 0. The standard InChI is InChI=1S/C17H14OP.C5H5.Fe/c18-19(17-13-7-8-14-17,15-9-3-1-4-10-15)16-11-5-2-6-12-16;1-2-4-5-3-1;/h1-14H;1-5H;/q;;+2. The van der Waals surface area contributed by atoms with Gasteiger partial charge in [-0.25, -0.2) is 0 Å². The Morgan fingerprint density at radius 2 is 0.880 bits per heavy atom. The van der Waals surface area contributed by atoms with Gasteiger partial charge in [0.2, 0.25) is 0 Å². The molecule has 0 bridgehead atoms. The Labute approximate surface area is 163 Å². The van der Waals surface area contributed by atoms with E-state index in [2.05, 4.69) is 0 Å². The van der Waals surface area contributed by atoms with Crippen LogP contribution >= 0.6 is 7.14 Å². The molecule has 124 valence electrons. The summed E-state index contributed by atoms with van der Waals surface area (Å²) in [6, 6.07) is 19.4. The van der Waals surface area contributed by atoms with Crippen LogP contribution < -0.4 is 10.6 Å². The summed E-state index contributed by atoms with van der Waals surface area (Å²) in [6.45, 7) is 0. The zero-order valence-corrected chi connectivity index (χ0v) is 15.7. The van der Waals surface area contributed by atoms with Gasteiger partial charge in [-0.3, -0.25) is 0 Å². The van der Waals surface area contributed by atoms with E-state index in [1.165, 1.54) is 0 Å². The summed E-state index contributed by atoms with van der Waals surface area (Å²) in [6.07, 6.45) is 17.8. The maximum absolute atomic E-state index is 13.7. The Morgan fingerprint density at radius 3 is 1.24 bits per heavy atom. The molecule has 2 aliphatic carbocycles. The van der Waals surface area contributed by atoms with Crippen molar-refractivity contribution >= 4 is 17.8 Å². The van der Waals surface area contributed by atoms with Gasteiger partial charge in [-0.2, -0.15) is 0 Å². The van der Waals surface area contributed by atoms with Crippen molar-refractivity contribution in [2.24, 2.45) is 0 Å². The average Bonchev–Trinajstić information content (AvgIpc) is 3.38. The Balaban J connectivity index is 0.000000325. The molecular formula is C22H19FeOP+2. The summed E-state index contributed by atoms with van der Waals surface area (Å²) < 4.78 is 13.7. The molecule has 2 aromatic rings. The third-order valence-corrected chi connectivity index (χ3v) is 6.88. The monoisotopic (exact) mass is 386 g/mol. The maximum Gasteiger partial charge on any atom is 2.00 e. The maximum atomic E-state index is 13.7. The van der Waals surface area contributed by atoms with E-state index in [0.717, 1.165) is 16.3 Å². The molecule has 0 spiro atoms. The predicted octanol–water partition coefficient (Wildman–Crippen LogP) is 4.38. The topological polar surface area (TPSA) is 17.1 Å². The zero-order valence-electron chi connectivity index (χ0n) is 13.7. The molecule has 2 aliphatic rings. The van der Waals surface area contributed by atoms with E-state index >= 15 is 0 Å². The summed E-state index contributed by atoms with van der Waals surface area (Å²) in [5, 5.41) is 1.76. The molecule has 2 fully saturated rings. The summed E-state index contributed by atoms with van der Waals surface area (Å²) in [7, 11) is -2.73. The largest absolute Gasteiger partial charge is 2.00 e. The minimum Gasteiger partial charge on any atom is -0.313 e. The van der Waals surface area contributed by atoms with E-state index in [-0.39, 0.29) is 17.1 Å². The molecule has 1 nitrogen and oxygen atoms in total. The smallest absolute Gasteiger partial charge is 0.313 e. The van der Waals surface area contributed by atoms with Crippen molar-refractivity contribution in [1.82, 2.24) is 0 Å². The molecule has 0 aromatic heterocycles. The van der Waals surface area contributed by atoms with E-state index in [0.29, 0.717) is 0 Å². The Bertz CT molecular complexity index is 595. The van der Waals surface area contributed by atoms with E-state index < -0.39 is 7.14 Å². The minimum absolute atomic E-state index is 0. The second kappa shape index (κ2) is 10.4. The fourth-order valence-corrected chi connectivity index (χ4v) is 5.29. The molecule has 0 unspecified atom stereocenters. The molecule has 2 saturated carbocycles. The Morgan fingerprint density at radius 1 is 0.520 bits per heavy atom. The van der Waals surface area contributed by atoms with E-state index in [1.807, 2.05) is 118 Å². The summed E-state index contributed by atoms with van der Waals surface area (Å²) >= 11 is 0. The molecule has 0 saturated heterocycles. The molecule has 4 rings (SSSR count). The van der Waals surface area contributed by atoms with Crippen LogP contribution in [0.1, 0.15) is 0 Å². The van der Waals surface area contributed by atoms with Crippen LogP contribution in [-0.2, 0) is 21.6 Å². The molecular weight excluding hydrogens is 367 g/mol. The Kier molecular flexibility index (Phi) is 8.50. The molecule has 0 N–H and O–H groups in total. The first kappa shape index (κ1) is 20.5. The molecule has 0 aliphatic heterocycles. The first-order chi connectivity index (χ1) is 11.8. The molecule has 10 radical (unpaired) electrons. The second-order valence-corrected chi connectivity index (χ2v) is 8.15. The van der Waals surface area contributed by atoms with Gasteiger partial charge in [0.25, 0.3) is 0 Å². The van der Waals surface area contributed by atoms with Crippen molar-refractivity contribution in [3.05, 3.63) is 124 Å². The van der Waals surface area contributed by atoms with Gasteiger partial charge in [-0.05, 0) is 57.8 Å². The van der Waals surface area contributed by atoms with Crippen LogP contribution in [0.5, 0.6) is 0 Å². The number of benzene rings is 2. The zero-order chi connectivity index (χ0) is 16.7. The SMILES string of the molecule is O=P([C]1[CH][CH][CH][CH]1)(c1ccccc1)c1ccccc1.[CH]1[CH][CH][CH][CH]1.[Fe+2]. The van der Waals surface area contributed by atoms with Crippen LogP contribution in [0.15, 0.2) is 60.7 Å². The number of hydrogen-bond acceptors (Lipinski definition) is 1. The summed E-state index contributed by atoms with van der Waals surface area (Å²) in [5.41, 5.74) is 0.893.